The molecule has 1 aromatic rings. The average Bonchev–Trinajstić information content (AvgIpc) is 2.18. The molecule has 0 spiro atoms. The topological polar surface area (TPSA) is 74.6 Å². The molecule has 0 bridgehead atoms. The smallest absolute Gasteiger partial charge is 0.311 e. The Morgan fingerprint density at radius 2 is 1.81 bits per heavy atom. The van der Waals surface area contributed by atoms with E-state index in [0.29, 0.717) is 5.56 Å². The van der Waals surface area contributed by atoms with Gasteiger partial charge >= 0.3 is 11.9 Å². The van der Waals surface area contributed by atoms with E-state index in [2.05, 4.69) is 0 Å². The van der Waals surface area contributed by atoms with Gasteiger partial charge in [0.15, 0.2) is 0 Å². The molecule has 4 heteroatoms. The fourth-order valence-electron chi connectivity index (χ4n) is 1.50. The molecule has 16 heavy (non-hydrogen) atoms. The summed E-state index contributed by atoms with van der Waals surface area (Å²) in [4.78, 5) is 21.5. The Labute approximate surface area is 93.5 Å². The van der Waals surface area contributed by atoms with Crippen molar-refractivity contribution in [2.75, 3.05) is 0 Å². The summed E-state index contributed by atoms with van der Waals surface area (Å²) in [6, 6.07) is 5.21. The van der Waals surface area contributed by atoms with E-state index in [0.717, 1.165) is 11.1 Å². The molecule has 0 radical (unpaired) electrons. The molecule has 0 saturated heterocycles. The van der Waals surface area contributed by atoms with Crippen LogP contribution in [0.5, 0.6) is 0 Å². The summed E-state index contributed by atoms with van der Waals surface area (Å²) in [6.07, 6.45) is -0.391. The average molecular weight is 222 g/mol. The summed E-state index contributed by atoms with van der Waals surface area (Å²) in [5, 5.41) is 17.6. The number of hydrogen-bond acceptors (Lipinski definition) is 2. The maximum Gasteiger partial charge on any atom is 0.311 e. The van der Waals surface area contributed by atoms with Crippen molar-refractivity contribution in [2.24, 2.45) is 0 Å². The fraction of sp³-hybridized carbons (Fsp3) is 0.333. The Morgan fingerprint density at radius 1 is 1.19 bits per heavy atom. The molecule has 2 N–H and O–H groups in total. The highest BCUT2D eigenvalue weighted by molar-refractivity contribution is 5.82. The first-order valence-electron chi connectivity index (χ1n) is 4.93. The van der Waals surface area contributed by atoms with E-state index in [1.807, 2.05) is 19.9 Å². The standard InChI is InChI=1S/C12H14O4/c1-7-3-4-9(5-8(7)2)10(12(15)16)6-11(13)14/h3-5,10H,6H2,1-2H3,(H,13,14)(H,15,16). The summed E-state index contributed by atoms with van der Waals surface area (Å²) in [7, 11) is 0. The van der Waals surface area contributed by atoms with Gasteiger partial charge in [0.05, 0.1) is 12.3 Å². The Morgan fingerprint density at radius 3 is 2.25 bits per heavy atom. The zero-order chi connectivity index (χ0) is 12.3. The van der Waals surface area contributed by atoms with Crippen LogP contribution in [0.1, 0.15) is 29.0 Å². The van der Waals surface area contributed by atoms with Crippen LogP contribution in [0.15, 0.2) is 18.2 Å². The molecular weight excluding hydrogens is 208 g/mol. The van der Waals surface area contributed by atoms with E-state index in [9.17, 15) is 9.59 Å². The van der Waals surface area contributed by atoms with Crippen LogP contribution in [0.3, 0.4) is 0 Å². The number of rotatable bonds is 4. The van der Waals surface area contributed by atoms with Gasteiger partial charge in [0.2, 0.25) is 0 Å². The monoisotopic (exact) mass is 222 g/mol. The van der Waals surface area contributed by atoms with Crippen molar-refractivity contribution >= 4 is 11.9 Å². The third-order valence-corrected chi connectivity index (χ3v) is 2.61. The van der Waals surface area contributed by atoms with Crippen LogP contribution in [0.4, 0.5) is 0 Å². The molecule has 0 aliphatic carbocycles. The molecule has 1 atom stereocenters. The second-order valence-corrected chi connectivity index (χ2v) is 3.83. The van der Waals surface area contributed by atoms with E-state index < -0.39 is 24.3 Å². The molecule has 0 amide bonds. The van der Waals surface area contributed by atoms with Crippen molar-refractivity contribution in [3.63, 3.8) is 0 Å². The predicted octanol–water partition coefficient (Wildman–Crippen LogP) is 1.95. The van der Waals surface area contributed by atoms with Gasteiger partial charge in [-0.25, -0.2) is 0 Å². The van der Waals surface area contributed by atoms with Gasteiger partial charge in [-0.3, -0.25) is 9.59 Å². The van der Waals surface area contributed by atoms with E-state index in [1.165, 1.54) is 0 Å². The number of carboxylic acid groups (broad SMARTS) is 2. The highest BCUT2D eigenvalue weighted by Crippen LogP contribution is 2.22. The van der Waals surface area contributed by atoms with Gasteiger partial charge in [0.25, 0.3) is 0 Å². The minimum absolute atomic E-state index is 0.391. The summed E-state index contributed by atoms with van der Waals surface area (Å²) >= 11 is 0. The number of aryl methyl sites for hydroxylation is 2. The SMILES string of the molecule is Cc1ccc(C(CC(=O)O)C(=O)O)cc1C. The third-order valence-electron chi connectivity index (χ3n) is 2.61. The molecule has 0 saturated carbocycles. The van der Waals surface area contributed by atoms with Gasteiger partial charge in [-0.15, -0.1) is 0 Å². The lowest BCUT2D eigenvalue weighted by Gasteiger charge is -2.12. The molecule has 0 fully saturated rings. The highest BCUT2D eigenvalue weighted by atomic mass is 16.4. The van der Waals surface area contributed by atoms with Crippen molar-refractivity contribution in [3.8, 4) is 0 Å². The van der Waals surface area contributed by atoms with Crippen molar-refractivity contribution in [2.45, 2.75) is 26.2 Å². The van der Waals surface area contributed by atoms with Crippen LogP contribution < -0.4 is 0 Å². The second-order valence-electron chi connectivity index (χ2n) is 3.83. The summed E-state index contributed by atoms with van der Waals surface area (Å²) in [5.74, 6) is -3.19. The van der Waals surface area contributed by atoms with Gasteiger partial charge in [0.1, 0.15) is 0 Å². The van der Waals surface area contributed by atoms with E-state index in [1.54, 1.807) is 12.1 Å². The van der Waals surface area contributed by atoms with Crippen LogP contribution in [0.2, 0.25) is 0 Å². The largest absolute Gasteiger partial charge is 0.481 e. The number of carbonyl (C=O) groups is 2. The summed E-state index contributed by atoms with van der Waals surface area (Å²) in [5.41, 5.74) is 2.57. The van der Waals surface area contributed by atoms with Gasteiger partial charge in [-0.1, -0.05) is 18.2 Å². The maximum atomic E-state index is 11.0. The molecule has 0 heterocycles. The van der Waals surface area contributed by atoms with Gasteiger partial charge < -0.3 is 10.2 Å². The van der Waals surface area contributed by atoms with Crippen LogP contribution in [-0.4, -0.2) is 22.2 Å². The molecule has 4 nitrogen and oxygen atoms in total. The van der Waals surface area contributed by atoms with E-state index >= 15 is 0 Å². The number of hydrogen-bond donors (Lipinski definition) is 2. The minimum atomic E-state index is -1.11. The second kappa shape index (κ2) is 4.79. The first-order chi connectivity index (χ1) is 7.41. The van der Waals surface area contributed by atoms with Crippen LogP contribution >= 0.6 is 0 Å². The lowest BCUT2D eigenvalue weighted by Crippen LogP contribution is -2.16. The van der Waals surface area contributed by atoms with Crippen LogP contribution in [0.25, 0.3) is 0 Å². The molecule has 1 unspecified atom stereocenters. The number of carboxylic acids is 2. The zero-order valence-electron chi connectivity index (χ0n) is 9.23. The fourth-order valence-corrected chi connectivity index (χ4v) is 1.50. The molecular formula is C12H14O4. The summed E-state index contributed by atoms with van der Waals surface area (Å²) in [6.45, 7) is 3.80. The number of benzene rings is 1. The van der Waals surface area contributed by atoms with Gasteiger partial charge in [-0.05, 0) is 30.5 Å². The molecule has 86 valence electrons. The van der Waals surface area contributed by atoms with Crippen molar-refractivity contribution < 1.29 is 19.8 Å². The maximum absolute atomic E-state index is 11.0. The van der Waals surface area contributed by atoms with Gasteiger partial charge in [0, 0.05) is 0 Å². The normalized spacial score (nSPS) is 12.1. The first-order valence-corrected chi connectivity index (χ1v) is 4.93. The lowest BCUT2D eigenvalue weighted by molar-refractivity contribution is -0.145. The zero-order valence-corrected chi connectivity index (χ0v) is 9.23. The molecule has 1 aromatic carbocycles. The minimum Gasteiger partial charge on any atom is -0.481 e. The molecule has 1 rings (SSSR count). The van der Waals surface area contributed by atoms with Crippen molar-refractivity contribution in [1.29, 1.82) is 0 Å². The Balaban J connectivity index is 3.06. The Kier molecular flexibility index (Phi) is 3.66. The van der Waals surface area contributed by atoms with Gasteiger partial charge in [-0.2, -0.15) is 0 Å². The van der Waals surface area contributed by atoms with Crippen LogP contribution in [0, 0.1) is 13.8 Å². The van der Waals surface area contributed by atoms with E-state index in [4.69, 9.17) is 10.2 Å². The van der Waals surface area contributed by atoms with E-state index in [-0.39, 0.29) is 0 Å². The van der Waals surface area contributed by atoms with Crippen molar-refractivity contribution in [1.82, 2.24) is 0 Å². The predicted molar refractivity (Wildman–Crippen MR) is 58.5 cm³/mol. The number of aliphatic carboxylic acids is 2. The lowest BCUT2D eigenvalue weighted by atomic mass is 9.93. The first kappa shape index (κ1) is 12.2. The van der Waals surface area contributed by atoms with Crippen LogP contribution in [-0.2, 0) is 9.59 Å². The quantitative estimate of drug-likeness (QED) is 0.816. The molecule has 0 aromatic heterocycles. The molecule has 0 aliphatic heterocycles. The third kappa shape index (κ3) is 2.82. The molecule has 0 aliphatic rings. The Bertz CT molecular complexity index is 423. The highest BCUT2D eigenvalue weighted by Gasteiger charge is 2.23. The Hall–Kier alpha value is -1.84. The summed E-state index contributed by atoms with van der Waals surface area (Å²) < 4.78 is 0. The van der Waals surface area contributed by atoms with Crippen molar-refractivity contribution in [3.05, 3.63) is 34.9 Å².